The third kappa shape index (κ3) is 8.19. The van der Waals surface area contributed by atoms with E-state index in [0.717, 1.165) is 46.9 Å². The lowest BCUT2D eigenvalue weighted by Gasteiger charge is -2.06. The number of Topliss-reactive ketones (excluding diaryl/α,β-unsaturated/α-hetero) is 1. The Morgan fingerprint density at radius 2 is 1.37 bits per heavy atom. The quantitative estimate of drug-likeness (QED) is 0.252. The van der Waals surface area contributed by atoms with E-state index in [1.165, 1.54) is 0 Å². The largest absolute Gasteiger partial charge is 0.466 e. The minimum absolute atomic E-state index is 0.159. The predicted molar refractivity (Wildman–Crippen MR) is 146 cm³/mol. The normalized spacial score (nSPS) is 10.5. The molecule has 0 fully saturated rings. The maximum Gasteiger partial charge on any atom is 0.305 e. The summed E-state index contributed by atoms with van der Waals surface area (Å²) in [6.45, 7) is 9.20. The van der Waals surface area contributed by atoms with Crippen molar-refractivity contribution in [3.05, 3.63) is 72.1 Å². The maximum absolute atomic E-state index is 11.3. The lowest BCUT2D eigenvalue weighted by molar-refractivity contribution is -0.143. The predicted octanol–water partition coefficient (Wildman–Crippen LogP) is 5.22. The minimum Gasteiger partial charge on any atom is -0.466 e. The molecule has 2 heterocycles. The summed E-state index contributed by atoms with van der Waals surface area (Å²) in [6, 6.07) is 20.1. The lowest BCUT2D eigenvalue weighted by atomic mass is 10.1. The Kier molecular flexibility index (Phi) is 10.9. The number of esters is 1. The van der Waals surface area contributed by atoms with Gasteiger partial charge in [0.15, 0.2) is 0 Å². The van der Waals surface area contributed by atoms with Gasteiger partial charge >= 0.3 is 5.97 Å². The number of ketones is 1. The SMILES string of the molecule is CC(=O)CCCn1nnc(C)c1-c1ccccc1.CCOC(=O)CCCn1nnc(-c2ccccc2)c1C. The number of hydrogen-bond donors (Lipinski definition) is 0. The van der Waals surface area contributed by atoms with Crippen molar-refractivity contribution < 1.29 is 14.3 Å². The van der Waals surface area contributed by atoms with Crippen molar-refractivity contribution >= 4 is 11.8 Å². The van der Waals surface area contributed by atoms with Gasteiger partial charge < -0.3 is 9.53 Å². The van der Waals surface area contributed by atoms with Gasteiger partial charge in [0.25, 0.3) is 0 Å². The lowest BCUT2D eigenvalue weighted by Crippen LogP contribution is -2.08. The number of rotatable bonds is 11. The van der Waals surface area contributed by atoms with E-state index in [2.05, 4.69) is 20.6 Å². The molecular weight excluding hydrogens is 480 g/mol. The van der Waals surface area contributed by atoms with Crippen molar-refractivity contribution in [2.75, 3.05) is 6.61 Å². The molecule has 0 aliphatic heterocycles. The van der Waals surface area contributed by atoms with Gasteiger partial charge in [0.1, 0.15) is 11.5 Å². The minimum atomic E-state index is -0.159. The van der Waals surface area contributed by atoms with Crippen molar-refractivity contribution in [2.45, 2.75) is 66.5 Å². The average Bonchev–Trinajstić information content (AvgIpc) is 3.47. The average molecular weight is 517 g/mol. The van der Waals surface area contributed by atoms with Crippen LogP contribution in [-0.2, 0) is 27.4 Å². The van der Waals surface area contributed by atoms with Crippen LogP contribution in [-0.4, -0.2) is 48.3 Å². The van der Waals surface area contributed by atoms with Crippen LogP contribution in [0.4, 0.5) is 0 Å². The molecule has 0 bridgehead atoms. The number of nitrogens with zero attached hydrogens (tertiary/aromatic N) is 6. The number of hydrogen-bond acceptors (Lipinski definition) is 7. The summed E-state index contributed by atoms with van der Waals surface area (Å²) >= 11 is 0. The molecule has 0 saturated heterocycles. The topological polar surface area (TPSA) is 105 Å². The third-order valence-electron chi connectivity index (χ3n) is 5.94. The number of benzene rings is 2. The Labute approximate surface area is 223 Å². The first-order chi connectivity index (χ1) is 18.4. The van der Waals surface area contributed by atoms with Gasteiger partial charge in [0.05, 0.1) is 23.7 Å². The van der Waals surface area contributed by atoms with Gasteiger partial charge in [-0.2, -0.15) is 0 Å². The van der Waals surface area contributed by atoms with Crippen LogP contribution in [0.5, 0.6) is 0 Å². The molecule has 4 aromatic rings. The van der Waals surface area contributed by atoms with Crippen molar-refractivity contribution in [1.29, 1.82) is 0 Å². The molecule has 0 spiro atoms. The highest BCUT2D eigenvalue weighted by atomic mass is 16.5. The van der Waals surface area contributed by atoms with Crippen LogP contribution in [0.2, 0.25) is 0 Å². The molecule has 9 heteroatoms. The monoisotopic (exact) mass is 516 g/mol. The first-order valence-corrected chi connectivity index (χ1v) is 13.0. The summed E-state index contributed by atoms with van der Waals surface area (Å²) in [5, 5.41) is 16.6. The Hall–Kier alpha value is -4.14. The molecule has 0 aliphatic rings. The Morgan fingerprint density at radius 3 is 2.00 bits per heavy atom. The fourth-order valence-electron chi connectivity index (χ4n) is 4.03. The molecule has 200 valence electrons. The second kappa shape index (κ2) is 14.6. The van der Waals surface area contributed by atoms with Crippen molar-refractivity contribution in [1.82, 2.24) is 30.0 Å². The molecule has 0 atom stereocenters. The van der Waals surface area contributed by atoms with E-state index in [9.17, 15) is 9.59 Å². The van der Waals surface area contributed by atoms with Gasteiger partial charge in [-0.15, -0.1) is 10.2 Å². The number of aromatic nitrogens is 6. The zero-order chi connectivity index (χ0) is 27.3. The standard InChI is InChI=1S/C15H19N3O2.C14H17N3O/c1-3-20-14(19)10-7-11-18-12(2)15(16-17-18)13-8-5-4-6-9-13;1-11(18)7-6-10-17-14(12(2)15-16-17)13-8-4-3-5-9-13/h4-6,8-9H,3,7,10-11H2,1-2H3;3-5,8-9H,6-7,10H2,1-2H3. The van der Waals surface area contributed by atoms with Crippen molar-refractivity contribution in [2.24, 2.45) is 0 Å². The maximum atomic E-state index is 11.3. The molecule has 0 unspecified atom stereocenters. The van der Waals surface area contributed by atoms with E-state index in [4.69, 9.17) is 4.74 Å². The number of carbonyl (C=O) groups excluding carboxylic acids is 2. The van der Waals surface area contributed by atoms with E-state index in [1.807, 2.05) is 90.8 Å². The van der Waals surface area contributed by atoms with Gasteiger partial charge in [-0.1, -0.05) is 71.1 Å². The summed E-state index contributed by atoms with van der Waals surface area (Å²) in [6.07, 6.45) is 2.51. The molecular formula is C29H36N6O3. The Balaban J connectivity index is 0.000000212. The first kappa shape index (κ1) is 28.4. The number of carbonyl (C=O) groups is 2. The summed E-state index contributed by atoms with van der Waals surface area (Å²) in [4.78, 5) is 22.2. The highest BCUT2D eigenvalue weighted by Gasteiger charge is 2.12. The molecule has 2 aromatic carbocycles. The van der Waals surface area contributed by atoms with E-state index >= 15 is 0 Å². The summed E-state index contributed by atoms with van der Waals surface area (Å²) in [5.41, 5.74) is 6.04. The second-order valence-corrected chi connectivity index (χ2v) is 8.94. The van der Waals surface area contributed by atoms with Crippen molar-refractivity contribution in [3.63, 3.8) is 0 Å². The Bertz CT molecular complexity index is 1300. The third-order valence-corrected chi connectivity index (χ3v) is 5.94. The van der Waals surface area contributed by atoms with Crippen LogP contribution in [0.15, 0.2) is 60.7 Å². The van der Waals surface area contributed by atoms with Crippen LogP contribution < -0.4 is 0 Å². The highest BCUT2D eigenvalue weighted by Crippen LogP contribution is 2.22. The summed E-state index contributed by atoms with van der Waals surface area (Å²) in [7, 11) is 0. The van der Waals surface area contributed by atoms with Crippen molar-refractivity contribution in [3.8, 4) is 22.5 Å². The smallest absolute Gasteiger partial charge is 0.305 e. The number of aryl methyl sites for hydroxylation is 3. The molecule has 9 nitrogen and oxygen atoms in total. The van der Waals surface area contributed by atoms with Gasteiger partial charge in [0, 0.05) is 37.1 Å². The van der Waals surface area contributed by atoms with Gasteiger partial charge in [-0.05, 0) is 40.5 Å². The van der Waals surface area contributed by atoms with Gasteiger partial charge in [-0.3, -0.25) is 4.79 Å². The fourth-order valence-corrected chi connectivity index (χ4v) is 4.03. The number of ether oxygens (including phenoxy) is 1. The van der Waals surface area contributed by atoms with E-state index in [-0.39, 0.29) is 11.8 Å². The van der Waals surface area contributed by atoms with E-state index < -0.39 is 0 Å². The molecule has 0 amide bonds. The zero-order valence-electron chi connectivity index (χ0n) is 22.6. The van der Waals surface area contributed by atoms with E-state index in [1.54, 1.807) is 6.92 Å². The van der Waals surface area contributed by atoms with Gasteiger partial charge in [0.2, 0.25) is 0 Å². The highest BCUT2D eigenvalue weighted by molar-refractivity contribution is 5.75. The van der Waals surface area contributed by atoms with Crippen LogP contribution in [0.1, 0.15) is 50.9 Å². The fraction of sp³-hybridized carbons (Fsp3) is 0.379. The molecule has 2 aromatic heterocycles. The second-order valence-electron chi connectivity index (χ2n) is 8.94. The summed E-state index contributed by atoms with van der Waals surface area (Å²) < 4.78 is 8.62. The van der Waals surface area contributed by atoms with Crippen LogP contribution >= 0.6 is 0 Å². The molecule has 0 radical (unpaired) electrons. The molecule has 4 rings (SSSR count). The van der Waals surface area contributed by atoms with Gasteiger partial charge in [-0.25, -0.2) is 9.36 Å². The molecule has 0 saturated carbocycles. The van der Waals surface area contributed by atoms with Crippen LogP contribution in [0.3, 0.4) is 0 Å². The van der Waals surface area contributed by atoms with Crippen LogP contribution in [0, 0.1) is 13.8 Å². The van der Waals surface area contributed by atoms with Crippen LogP contribution in [0.25, 0.3) is 22.5 Å². The summed E-state index contributed by atoms with van der Waals surface area (Å²) in [5.74, 6) is 0.0571. The molecule has 38 heavy (non-hydrogen) atoms. The zero-order valence-corrected chi connectivity index (χ0v) is 22.6. The molecule has 0 aliphatic carbocycles. The Morgan fingerprint density at radius 1 is 0.789 bits per heavy atom. The first-order valence-electron chi connectivity index (χ1n) is 13.0. The van der Waals surface area contributed by atoms with E-state index in [0.29, 0.717) is 32.4 Å². The molecule has 0 N–H and O–H groups in total.